The van der Waals surface area contributed by atoms with Crippen molar-refractivity contribution in [2.75, 3.05) is 13.7 Å². The maximum atomic E-state index is 12.4. The Bertz CT molecular complexity index is 608. The summed E-state index contributed by atoms with van der Waals surface area (Å²) >= 11 is 5.87. The van der Waals surface area contributed by atoms with Crippen LogP contribution in [0.15, 0.2) is 48.5 Å². The van der Waals surface area contributed by atoms with Crippen molar-refractivity contribution in [3.63, 3.8) is 0 Å². The van der Waals surface area contributed by atoms with E-state index >= 15 is 0 Å². The summed E-state index contributed by atoms with van der Waals surface area (Å²) in [6.07, 6.45) is 0.963. The first-order valence-corrected chi connectivity index (χ1v) is 7.70. The van der Waals surface area contributed by atoms with Gasteiger partial charge < -0.3 is 9.64 Å². The van der Waals surface area contributed by atoms with E-state index in [0.717, 1.165) is 17.7 Å². The highest BCUT2D eigenvalue weighted by atomic mass is 35.5. The first-order chi connectivity index (χ1) is 10.6. The number of hydrogen-bond donors (Lipinski definition) is 0. The van der Waals surface area contributed by atoms with Gasteiger partial charge in [0.05, 0.1) is 6.61 Å². The molecule has 0 spiro atoms. The Morgan fingerprint density at radius 3 is 2.32 bits per heavy atom. The van der Waals surface area contributed by atoms with Crippen molar-refractivity contribution in [3.05, 3.63) is 64.7 Å². The smallest absolute Gasteiger partial charge is 0.253 e. The number of nitrogens with zero attached hydrogens (tertiary/aromatic N) is 1. The first kappa shape index (κ1) is 16.4. The van der Waals surface area contributed by atoms with E-state index in [2.05, 4.69) is 6.92 Å². The molecule has 2 aromatic carbocycles. The van der Waals surface area contributed by atoms with Crippen LogP contribution < -0.4 is 4.74 Å². The fraction of sp³-hybridized carbons (Fsp3) is 0.278. The summed E-state index contributed by atoms with van der Waals surface area (Å²) < 4.78 is 5.52. The monoisotopic (exact) mass is 317 g/mol. The highest BCUT2D eigenvalue weighted by molar-refractivity contribution is 6.30. The van der Waals surface area contributed by atoms with Gasteiger partial charge in [-0.2, -0.15) is 0 Å². The van der Waals surface area contributed by atoms with Crippen LogP contribution in [0.4, 0.5) is 0 Å². The van der Waals surface area contributed by atoms with Gasteiger partial charge in [0.15, 0.2) is 0 Å². The summed E-state index contributed by atoms with van der Waals surface area (Å²) in [4.78, 5) is 14.1. The van der Waals surface area contributed by atoms with Crippen molar-refractivity contribution in [2.45, 2.75) is 19.9 Å². The van der Waals surface area contributed by atoms with Gasteiger partial charge in [-0.05, 0) is 48.4 Å². The molecule has 0 N–H and O–H groups in total. The van der Waals surface area contributed by atoms with Crippen LogP contribution in [-0.2, 0) is 6.54 Å². The molecule has 3 nitrogen and oxygen atoms in total. The molecule has 4 heteroatoms. The molecule has 1 amide bonds. The molecule has 0 unspecified atom stereocenters. The average molecular weight is 318 g/mol. The lowest BCUT2D eigenvalue weighted by molar-refractivity contribution is 0.0785. The average Bonchev–Trinajstić information content (AvgIpc) is 2.55. The molecule has 0 atom stereocenters. The molecule has 0 saturated heterocycles. The Kier molecular flexibility index (Phi) is 5.84. The molecule has 0 saturated carbocycles. The lowest BCUT2D eigenvalue weighted by Gasteiger charge is -2.17. The highest BCUT2D eigenvalue weighted by Gasteiger charge is 2.12. The van der Waals surface area contributed by atoms with Gasteiger partial charge in [0.2, 0.25) is 0 Å². The zero-order valence-corrected chi connectivity index (χ0v) is 13.6. The Hall–Kier alpha value is -2.00. The Labute approximate surface area is 136 Å². The van der Waals surface area contributed by atoms with Gasteiger partial charge in [0.25, 0.3) is 5.91 Å². The zero-order chi connectivity index (χ0) is 15.9. The minimum atomic E-state index is -0.0167. The van der Waals surface area contributed by atoms with E-state index in [0.29, 0.717) is 23.7 Å². The fourth-order valence-electron chi connectivity index (χ4n) is 2.07. The summed E-state index contributed by atoms with van der Waals surface area (Å²) in [6.45, 7) is 3.29. The van der Waals surface area contributed by atoms with Crippen molar-refractivity contribution in [1.82, 2.24) is 4.90 Å². The van der Waals surface area contributed by atoms with Crippen molar-refractivity contribution in [1.29, 1.82) is 0 Å². The summed E-state index contributed by atoms with van der Waals surface area (Å²) in [5.41, 5.74) is 1.70. The minimum absolute atomic E-state index is 0.0167. The molecule has 22 heavy (non-hydrogen) atoms. The molecule has 2 rings (SSSR count). The van der Waals surface area contributed by atoms with Gasteiger partial charge >= 0.3 is 0 Å². The van der Waals surface area contributed by atoms with Crippen LogP contribution in [0.5, 0.6) is 5.75 Å². The quantitative estimate of drug-likeness (QED) is 0.790. The Morgan fingerprint density at radius 2 is 1.73 bits per heavy atom. The maximum Gasteiger partial charge on any atom is 0.253 e. The summed E-state index contributed by atoms with van der Waals surface area (Å²) in [5, 5.41) is 0.695. The second-order valence-electron chi connectivity index (χ2n) is 5.16. The number of halogens is 1. The summed E-state index contributed by atoms with van der Waals surface area (Å²) in [5.74, 6) is 0.774. The van der Waals surface area contributed by atoms with Gasteiger partial charge in [-0.3, -0.25) is 4.79 Å². The third-order valence-corrected chi connectivity index (χ3v) is 3.51. The molecule has 0 heterocycles. The van der Waals surface area contributed by atoms with Crippen LogP contribution in [-0.4, -0.2) is 24.5 Å². The number of carbonyl (C=O) groups excluding carboxylic acids is 1. The second-order valence-corrected chi connectivity index (χ2v) is 5.60. The number of carbonyl (C=O) groups is 1. The van der Waals surface area contributed by atoms with Gasteiger partial charge in [-0.1, -0.05) is 30.7 Å². The second kappa shape index (κ2) is 7.85. The number of ether oxygens (including phenoxy) is 1. The number of benzene rings is 2. The van der Waals surface area contributed by atoms with Crippen molar-refractivity contribution >= 4 is 17.5 Å². The van der Waals surface area contributed by atoms with Crippen LogP contribution in [0, 0.1) is 0 Å². The molecule has 116 valence electrons. The topological polar surface area (TPSA) is 29.5 Å². The van der Waals surface area contributed by atoms with Crippen molar-refractivity contribution < 1.29 is 9.53 Å². The molecule has 0 aliphatic carbocycles. The molecular weight excluding hydrogens is 298 g/mol. The lowest BCUT2D eigenvalue weighted by Crippen LogP contribution is -2.26. The van der Waals surface area contributed by atoms with Crippen LogP contribution in [0.25, 0.3) is 0 Å². The van der Waals surface area contributed by atoms with Crippen molar-refractivity contribution in [2.24, 2.45) is 0 Å². The van der Waals surface area contributed by atoms with E-state index in [-0.39, 0.29) is 5.91 Å². The Balaban J connectivity index is 1.99. The van der Waals surface area contributed by atoms with E-state index < -0.39 is 0 Å². The third kappa shape index (κ3) is 4.50. The predicted octanol–water partition coefficient (Wildman–Crippen LogP) is 4.40. The van der Waals surface area contributed by atoms with Gasteiger partial charge in [0, 0.05) is 24.2 Å². The number of rotatable bonds is 6. The largest absolute Gasteiger partial charge is 0.494 e. The van der Waals surface area contributed by atoms with Crippen LogP contribution in [0.2, 0.25) is 5.02 Å². The van der Waals surface area contributed by atoms with E-state index in [4.69, 9.17) is 16.3 Å². The summed E-state index contributed by atoms with van der Waals surface area (Å²) in [7, 11) is 1.79. The maximum absolute atomic E-state index is 12.4. The molecule has 0 radical (unpaired) electrons. The van der Waals surface area contributed by atoms with Crippen molar-refractivity contribution in [3.8, 4) is 5.75 Å². The molecule has 0 aliphatic heterocycles. The third-order valence-electron chi connectivity index (χ3n) is 3.25. The number of hydrogen-bond acceptors (Lipinski definition) is 2. The highest BCUT2D eigenvalue weighted by Crippen LogP contribution is 2.15. The molecule has 2 aromatic rings. The molecule has 0 fully saturated rings. The minimum Gasteiger partial charge on any atom is -0.494 e. The van der Waals surface area contributed by atoms with E-state index in [9.17, 15) is 4.79 Å². The standard InChI is InChI=1S/C18H20ClNO2/c1-3-12-22-17-10-6-15(7-11-17)18(21)20(2)13-14-4-8-16(19)9-5-14/h4-11H,3,12-13H2,1-2H3. The zero-order valence-electron chi connectivity index (χ0n) is 12.9. The fourth-order valence-corrected chi connectivity index (χ4v) is 2.20. The van der Waals surface area contributed by atoms with E-state index in [1.165, 1.54) is 0 Å². The first-order valence-electron chi connectivity index (χ1n) is 7.33. The normalized spacial score (nSPS) is 10.3. The number of amides is 1. The lowest BCUT2D eigenvalue weighted by atomic mass is 10.1. The Morgan fingerprint density at radius 1 is 1.09 bits per heavy atom. The molecular formula is C18H20ClNO2. The molecule has 0 bridgehead atoms. The van der Waals surface area contributed by atoms with E-state index in [1.807, 2.05) is 36.4 Å². The van der Waals surface area contributed by atoms with Crippen LogP contribution in [0.3, 0.4) is 0 Å². The van der Waals surface area contributed by atoms with Gasteiger partial charge in [-0.25, -0.2) is 0 Å². The van der Waals surface area contributed by atoms with Crippen LogP contribution >= 0.6 is 11.6 Å². The SMILES string of the molecule is CCCOc1ccc(C(=O)N(C)Cc2ccc(Cl)cc2)cc1. The van der Waals surface area contributed by atoms with Crippen LogP contribution in [0.1, 0.15) is 29.3 Å². The predicted molar refractivity (Wildman–Crippen MR) is 89.5 cm³/mol. The molecule has 0 aliphatic rings. The molecule has 0 aromatic heterocycles. The summed E-state index contributed by atoms with van der Waals surface area (Å²) in [6, 6.07) is 14.8. The van der Waals surface area contributed by atoms with Gasteiger partial charge in [-0.15, -0.1) is 0 Å². The van der Waals surface area contributed by atoms with E-state index in [1.54, 1.807) is 24.1 Å². The van der Waals surface area contributed by atoms with Gasteiger partial charge in [0.1, 0.15) is 5.75 Å².